The monoisotopic (exact) mass is 243 g/mol. The molecule has 0 fully saturated rings. The summed E-state index contributed by atoms with van der Waals surface area (Å²) in [5.41, 5.74) is -0.406. The van der Waals surface area contributed by atoms with Gasteiger partial charge in [-0.3, -0.25) is 0 Å². The van der Waals surface area contributed by atoms with Crippen LogP contribution in [0.15, 0.2) is 0 Å². The molecule has 0 bridgehead atoms. The Labute approximate surface area is 94.0 Å². The van der Waals surface area contributed by atoms with Gasteiger partial charge in [-0.2, -0.15) is 0 Å². The van der Waals surface area contributed by atoms with Crippen molar-refractivity contribution in [3.05, 3.63) is 0 Å². The number of nitrogens with one attached hydrogen (secondary N) is 1. The standard InChI is InChI=1S/C10H20F3NO2/c1-9(2,3)14-6-10(12,13)7-16-5-8(11)4-15/h8,14-15H,4-7H2,1-3H3. The summed E-state index contributed by atoms with van der Waals surface area (Å²) >= 11 is 0. The maximum atomic E-state index is 13.1. The Morgan fingerprint density at radius 2 is 1.88 bits per heavy atom. The third-order valence-corrected chi connectivity index (χ3v) is 1.69. The van der Waals surface area contributed by atoms with Crippen molar-refractivity contribution in [2.45, 2.75) is 38.4 Å². The lowest BCUT2D eigenvalue weighted by molar-refractivity contribution is -0.0878. The molecular weight excluding hydrogens is 223 g/mol. The number of aliphatic hydroxyl groups is 1. The first-order chi connectivity index (χ1) is 7.16. The van der Waals surface area contributed by atoms with E-state index in [1.54, 1.807) is 20.8 Å². The number of aliphatic hydroxyl groups excluding tert-OH is 1. The van der Waals surface area contributed by atoms with E-state index in [2.05, 4.69) is 10.1 Å². The molecule has 1 atom stereocenters. The van der Waals surface area contributed by atoms with Crippen LogP contribution in [-0.2, 0) is 4.74 Å². The minimum absolute atomic E-state index is 0.406. The van der Waals surface area contributed by atoms with Gasteiger partial charge in [-0.25, -0.2) is 13.2 Å². The first-order valence-electron chi connectivity index (χ1n) is 5.12. The Hall–Kier alpha value is -0.330. The van der Waals surface area contributed by atoms with E-state index in [-0.39, 0.29) is 0 Å². The maximum absolute atomic E-state index is 13.1. The van der Waals surface area contributed by atoms with E-state index in [0.717, 1.165) is 0 Å². The maximum Gasteiger partial charge on any atom is 0.283 e. The summed E-state index contributed by atoms with van der Waals surface area (Å²) in [4.78, 5) is 0. The second kappa shape index (κ2) is 6.42. The van der Waals surface area contributed by atoms with Crippen molar-refractivity contribution in [3.63, 3.8) is 0 Å². The predicted octanol–water partition coefficient (Wildman–Crippen LogP) is 1.36. The number of hydrogen-bond acceptors (Lipinski definition) is 3. The molecule has 0 aromatic rings. The SMILES string of the molecule is CC(C)(C)NCC(F)(F)COCC(F)CO. The molecule has 6 heteroatoms. The molecular formula is C10H20F3NO2. The van der Waals surface area contributed by atoms with Crippen LogP contribution in [0.4, 0.5) is 13.2 Å². The normalized spacial score (nSPS) is 15.2. The topological polar surface area (TPSA) is 41.5 Å². The summed E-state index contributed by atoms with van der Waals surface area (Å²) in [5, 5.41) is 11.0. The highest BCUT2D eigenvalue weighted by atomic mass is 19.3. The van der Waals surface area contributed by atoms with E-state index < -0.39 is 44.0 Å². The quantitative estimate of drug-likeness (QED) is 0.709. The highest BCUT2D eigenvalue weighted by Gasteiger charge is 2.31. The van der Waals surface area contributed by atoms with Crippen molar-refractivity contribution in [1.29, 1.82) is 0 Å². The first-order valence-corrected chi connectivity index (χ1v) is 5.12. The molecule has 0 radical (unpaired) electrons. The first kappa shape index (κ1) is 15.7. The van der Waals surface area contributed by atoms with Crippen molar-refractivity contribution in [1.82, 2.24) is 5.32 Å². The van der Waals surface area contributed by atoms with Crippen LogP contribution in [0.25, 0.3) is 0 Å². The summed E-state index contributed by atoms with van der Waals surface area (Å²) in [7, 11) is 0. The van der Waals surface area contributed by atoms with Gasteiger partial charge in [0.15, 0.2) is 0 Å². The molecule has 2 N–H and O–H groups in total. The molecule has 0 rings (SSSR count). The van der Waals surface area contributed by atoms with Crippen LogP contribution in [0.1, 0.15) is 20.8 Å². The van der Waals surface area contributed by atoms with E-state index in [1.165, 1.54) is 0 Å². The predicted molar refractivity (Wildman–Crippen MR) is 55.5 cm³/mol. The largest absolute Gasteiger partial charge is 0.393 e. The second-order valence-electron chi connectivity index (χ2n) is 4.75. The highest BCUT2D eigenvalue weighted by Crippen LogP contribution is 2.14. The van der Waals surface area contributed by atoms with Crippen LogP contribution < -0.4 is 5.32 Å². The molecule has 0 aliphatic heterocycles. The molecule has 0 aliphatic carbocycles. The Kier molecular flexibility index (Phi) is 6.28. The van der Waals surface area contributed by atoms with E-state index in [0.29, 0.717) is 0 Å². The van der Waals surface area contributed by atoms with E-state index in [9.17, 15) is 13.2 Å². The third kappa shape index (κ3) is 8.94. The van der Waals surface area contributed by atoms with Gasteiger partial charge < -0.3 is 15.2 Å². The van der Waals surface area contributed by atoms with Crippen LogP contribution in [-0.4, -0.2) is 49.1 Å². The van der Waals surface area contributed by atoms with Crippen LogP contribution in [0.3, 0.4) is 0 Å². The lowest BCUT2D eigenvalue weighted by Crippen LogP contribution is -2.45. The fourth-order valence-electron chi connectivity index (χ4n) is 0.834. The molecule has 0 aliphatic rings. The minimum Gasteiger partial charge on any atom is -0.393 e. The molecule has 0 heterocycles. The van der Waals surface area contributed by atoms with E-state index in [4.69, 9.17) is 5.11 Å². The van der Waals surface area contributed by atoms with Crippen molar-refractivity contribution >= 4 is 0 Å². The molecule has 3 nitrogen and oxygen atoms in total. The highest BCUT2D eigenvalue weighted by molar-refractivity contribution is 4.77. The van der Waals surface area contributed by atoms with Crippen molar-refractivity contribution in [3.8, 4) is 0 Å². The summed E-state index contributed by atoms with van der Waals surface area (Å²) in [5.74, 6) is -3.04. The Bertz CT molecular complexity index is 195. The Balaban J connectivity index is 3.78. The summed E-state index contributed by atoms with van der Waals surface area (Å²) in [6.07, 6.45) is -1.61. The van der Waals surface area contributed by atoms with Crippen molar-refractivity contribution in [2.24, 2.45) is 0 Å². The number of hydrogen-bond donors (Lipinski definition) is 2. The molecule has 16 heavy (non-hydrogen) atoms. The fraction of sp³-hybridized carbons (Fsp3) is 1.00. The zero-order chi connectivity index (χ0) is 12.8. The summed E-state index contributed by atoms with van der Waals surface area (Å²) in [6, 6.07) is 0. The van der Waals surface area contributed by atoms with Gasteiger partial charge >= 0.3 is 0 Å². The Morgan fingerprint density at radius 1 is 1.31 bits per heavy atom. The van der Waals surface area contributed by atoms with Crippen LogP contribution in [0, 0.1) is 0 Å². The van der Waals surface area contributed by atoms with E-state index >= 15 is 0 Å². The molecule has 0 saturated carbocycles. The van der Waals surface area contributed by atoms with Gasteiger partial charge in [-0.15, -0.1) is 0 Å². The van der Waals surface area contributed by atoms with Crippen LogP contribution in [0.5, 0.6) is 0 Å². The number of rotatable bonds is 7. The lowest BCUT2D eigenvalue weighted by atomic mass is 10.1. The summed E-state index contributed by atoms with van der Waals surface area (Å²) < 4.78 is 43.2. The average Bonchev–Trinajstić information content (AvgIpc) is 2.13. The van der Waals surface area contributed by atoms with Crippen molar-refractivity contribution < 1.29 is 23.0 Å². The number of ether oxygens (including phenoxy) is 1. The van der Waals surface area contributed by atoms with Crippen LogP contribution >= 0.6 is 0 Å². The number of alkyl halides is 3. The van der Waals surface area contributed by atoms with E-state index in [1.807, 2.05) is 0 Å². The third-order valence-electron chi connectivity index (χ3n) is 1.69. The molecule has 0 aromatic carbocycles. The van der Waals surface area contributed by atoms with Gasteiger partial charge in [0.05, 0.1) is 19.8 Å². The van der Waals surface area contributed by atoms with Gasteiger partial charge in [0, 0.05) is 5.54 Å². The zero-order valence-electron chi connectivity index (χ0n) is 9.90. The molecule has 0 spiro atoms. The van der Waals surface area contributed by atoms with Gasteiger partial charge in [-0.05, 0) is 20.8 Å². The molecule has 0 saturated heterocycles. The van der Waals surface area contributed by atoms with Gasteiger partial charge in [-0.1, -0.05) is 0 Å². The fourth-order valence-corrected chi connectivity index (χ4v) is 0.834. The number of halogens is 3. The minimum atomic E-state index is -3.04. The van der Waals surface area contributed by atoms with Gasteiger partial charge in [0.25, 0.3) is 5.92 Å². The van der Waals surface area contributed by atoms with Crippen molar-refractivity contribution in [2.75, 3.05) is 26.4 Å². The second-order valence-corrected chi connectivity index (χ2v) is 4.75. The molecule has 0 aromatic heterocycles. The van der Waals surface area contributed by atoms with Crippen LogP contribution in [0.2, 0.25) is 0 Å². The average molecular weight is 243 g/mol. The molecule has 1 unspecified atom stereocenters. The molecule has 98 valence electrons. The molecule has 0 amide bonds. The smallest absolute Gasteiger partial charge is 0.283 e. The lowest BCUT2D eigenvalue weighted by Gasteiger charge is -2.25. The summed E-state index contributed by atoms with van der Waals surface area (Å²) in [6.45, 7) is 2.71. The van der Waals surface area contributed by atoms with Gasteiger partial charge in [0.2, 0.25) is 0 Å². The zero-order valence-corrected chi connectivity index (χ0v) is 9.90. The Morgan fingerprint density at radius 3 is 2.31 bits per heavy atom. The van der Waals surface area contributed by atoms with Gasteiger partial charge in [0.1, 0.15) is 12.8 Å².